The Kier molecular flexibility index (Phi) is 2.83. The first-order valence-corrected chi connectivity index (χ1v) is 7.73. The topological polar surface area (TPSA) is 25.8 Å². The molecule has 1 aliphatic carbocycles. The number of thiophene rings is 1. The van der Waals surface area contributed by atoms with Crippen molar-refractivity contribution in [2.24, 2.45) is 0 Å². The summed E-state index contributed by atoms with van der Waals surface area (Å²) in [7, 11) is 0. The summed E-state index contributed by atoms with van der Waals surface area (Å²) in [5, 5.41) is 1.48. The summed E-state index contributed by atoms with van der Waals surface area (Å²) < 4.78 is 2.37. The molecule has 0 amide bonds. The smallest absolute Gasteiger partial charge is 0.217 e. The van der Waals surface area contributed by atoms with Crippen LogP contribution in [0.3, 0.4) is 0 Å². The van der Waals surface area contributed by atoms with Crippen LogP contribution in [0.4, 0.5) is 0 Å². The van der Waals surface area contributed by atoms with Crippen LogP contribution < -0.4 is 0 Å². The van der Waals surface area contributed by atoms with Crippen LogP contribution >= 0.6 is 22.9 Å². The van der Waals surface area contributed by atoms with Crippen LogP contribution in [-0.2, 0) is 0 Å². The molecule has 2 nitrogen and oxygen atoms in total. The van der Waals surface area contributed by atoms with Gasteiger partial charge in [0.1, 0.15) is 0 Å². The fourth-order valence-electron chi connectivity index (χ4n) is 2.58. The Morgan fingerprint density at radius 2 is 2.05 bits per heavy atom. The van der Waals surface area contributed by atoms with Gasteiger partial charge in [0.2, 0.25) is 5.28 Å². The van der Waals surface area contributed by atoms with Gasteiger partial charge < -0.3 is 0 Å². The lowest BCUT2D eigenvalue weighted by molar-refractivity contribution is 1.04. The van der Waals surface area contributed by atoms with Crippen molar-refractivity contribution in [3.63, 3.8) is 0 Å². The Bertz CT molecular complexity index is 877. The predicted octanol–water partition coefficient (Wildman–Crippen LogP) is 5.23. The van der Waals surface area contributed by atoms with Gasteiger partial charge in [-0.3, -0.25) is 0 Å². The molecular weight excluding hydrogens is 288 g/mol. The van der Waals surface area contributed by atoms with Crippen molar-refractivity contribution in [2.75, 3.05) is 0 Å². The van der Waals surface area contributed by atoms with Crippen LogP contribution in [0.1, 0.15) is 18.5 Å². The second-order valence-corrected chi connectivity index (χ2v) is 6.17. The largest absolute Gasteiger partial charge is 0.223 e. The van der Waals surface area contributed by atoms with Crippen molar-refractivity contribution in [3.05, 3.63) is 53.5 Å². The van der Waals surface area contributed by atoms with E-state index in [2.05, 4.69) is 46.4 Å². The summed E-state index contributed by atoms with van der Waals surface area (Å²) in [6.45, 7) is 0. The predicted molar refractivity (Wildman–Crippen MR) is 86.3 cm³/mol. The molecule has 1 aliphatic rings. The van der Waals surface area contributed by atoms with E-state index in [9.17, 15) is 0 Å². The maximum Gasteiger partial charge on any atom is 0.223 e. The lowest BCUT2D eigenvalue weighted by Crippen LogP contribution is -1.94. The number of rotatable bonds is 1. The SMILES string of the molecule is Clc1nc(C2=CC=CCC2)c2sc3ccccc3c2n1. The van der Waals surface area contributed by atoms with E-state index in [0.717, 1.165) is 34.1 Å². The van der Waals surface area contributed by atoms with Gasteiger partial charge >= 0.3 is 0 Å². The third kappa shape index (κ3) is 1.86. The Labute approximate surface area is 125 Å². The maximum absolute atomic E-state index is 6.14. The molecule has 98 valence electrons. The lowest BCUT2D eigenvalue weighted by Gasteiger charge is -2.09. The first-order chi connectivity index (χ1) is 9.83. The highest BCUT2D eigenvalue weighted by Gasteiger charge is 2.16. The number of aromatic nitrogens is 2. The molecule has 0 saturated carbocycles. The van der Waals surface area contributed by atoms with Gasteiger partial charge in [-0.2, -0.15) is 0 Å². The minimum absolute atomic E-state index is 0.325. The van der Waals surface area contributed by atoms with Gasteiger partial charge in [0.05, 0.1) is 15.9 Å². The number of fused-ring (bicyclic) bond motifs is 3. The molecule has 0 bridgehead atoms. The number of hydrogen-bond donors (Lipinski definition) is 0. The van der Waals surface area contributed by atoms with Crippen molar-refractivity contribution in [3.8, 4) is 0 Å². The monoisotopic (exact) mass is 298 g/mol. The molecular formula is C16H11ClN2S. The molecule has 20 heavy (non-hydrogen) atoms. The van der Waals surface area contributed by atoms with Gasteiger partial charge in [-0.25, -0.2) is 9.97 Å². The molecule has 0 unspecified atom stereocenters. The maximum atomic E-state index is 6.14. The Morgan fingerprint density at radius 3 is 2.90 bits per heavy atom. The first kappa shape index (κ1) is 12.1. The quantitative estimate of drug-likeness (QED) is 0.575. The highest BCUT2D eigenvalue weighted by atomic mass is 35.5. The van der Waals surface area contributed by atoms with Gasteiger partial charge in [-0.1, -0.05) is 36.4 Å². The average Bonchev–Trinajstić information content (AvgIpc) is 2.86. The minimum atomic E-state index is 0.325. The summed E-state index contributed by atoms with van der Waals surface area (Å²) >= 11 is 7.88. The van der Waals surface area contributed by atoms with E-state index >= 15 is 0 Å². The first-order valence-electron chi connectivity index (χ1n) is 6.54. The average molecular weight is 299 g/mol. The zero-order valence-electron chi connectivity index (χ0n) is 10.6. The molecule has 0 atom stereocenters. The second-order valence-electron chi connectivity index (χ2n) is 4.78. The van der Waals surface area contributed by atoms with Gasteiger partial charge in [0.15, 0.2) is 0 Å². The summed E-state index contributed by atoms with van der Waals surface area (Å²) in [4.78, 5) is 8.92. The highest BCUT2D eigenvalue weighted by molar-refractivity contribution is 7.26. The molecule has 4 rings (SSSR count). The van der Waals surface area contributed by atoms with E-state index in [1.807, 2.05) is 6.07 Å². The number of nitrogens with zero attached hydrogens (tertiary/aromatic N) is 2. The second kappa shape index (κ2) is 4.69. The molecule has 0 saturated heterocycles. The van der Waals surface area contributed by atoms with Gasteiger partial charge in [0.25, 0.3) is 0 Å². The van der Waals surface area contributed by atoms with Crippen molar-refractivity contribution >= 4 is 48.8 Å². The van der Waals surface area contributed by atoms with E-state index in [4.69, 9.17) is 11.6 Å². The normalized spacial score (nSPS) is 14.9. The summed E-state index contributed by atoms with van der Waals surface area (Å²) in [6, 6.07) is 8.30. The zero-order valence-corrected chi connectivity index (χ0v) is 12.2. The summed E-state index contributed by atoms with van der Waals surface area (Å²) in [5.74, 6) is 0. The minimum Gasteiger partial charge on any atom is -0.217 e. The summed E-state index contributed by atoms with van der Waals surface area (Å²) in [5.41, 5.74) is 3.20. The van der Waals surface area contributed by atoms with Crippen LogP contribution in [0, 0.1) is 0 Å². The van der Waals surface area contributed by atoms with Crippen LogP contribution in [0.15, 0.2) is 42.5 Å². The molecule has 3 aromatic rings. The zero-order chi connectivity index (χ0) is 13.5. The molecule has 0 spiro atoms. The number of halogens is 1. The molecule has 2 heterocycles. The molecule has 0 fully saturated rings. The Balaban J connectivity index is 2.10. The molecule has 0 N–H and O–H groups in total. The molecule has 4 heteroatoms. The lowest BCUT2D eigenvalue weighted by atomic mass is 10.0. The third-order valence-corrected chi connectivity index (χ3v) is 4.85. The van der Waals surface area contributed by atoms with Crippen molar-refractivity contribution in [2.45, 2.75) is 12.8 Å². The van der Waals surface area contributed by atoms with Crippen LogP contribution in [-0.4, -0.2) is 9.97 Å². The fraction of sp³-hybridized carbons (Fsp3) is 0.125. The highest BCUT2D eigenvalue weighted by Crippen LogP contribution is 2.38. The molecule has 2 aromatic heterocycles. The van der Waals surface area contributed by atoms with Crippen molar-refractivity contribution in [1.29, 1.82) is 0 Å². The van der Waals surface area contributed by atoms with Crippen LogP contribution in [0.5, 0.6) is 0 Å². The van der Waals surface area contributed by atoms with Gasteiger partial charge in [-0.15, -0.1) is 11.3 Å². The molecule has 0 aliphatic heterocycles. The van der Waals surface area contributed by atoms with E-state index in [-0.39, 0.29) is 0 Å². The van der Waals surface area contributed by atoms with Crippen molar-refractivity contribution in [1.82, 2.24) is 9.97 Å². The number of allylic oxidation sites excluding steroid dienone is 4. The van der Waals surface area contributed by atoms with E-state index in [1.54, 1.807) is 11.3 Å². The van der Waals surface area contributed by atoms with E-state index in [0.29, 0.717) is 5.28 Å². The van der Waals surface area contributed by atoms with E-state index < -0.39 is 0 Å². The number of hydrogen-bond acceptors (Lipinski definition) is 3. The fourth-order valence-corrected chi connectivity index (χ4v) is 3.92. The molecule has 1 aromatic carbocycles. The molecule has 0 radical (unpaired) electrons. The van der Waals surface area contributed by atoms with Crippen LogP contribution in [0.25, 0.3) is 25.9 Å². The third-order valence-electron chi connectivity index (χ3n) is 3.51. The standard InChI is InChI=1S/C16H11ClN2S/c17-16-18-13(10-6-2-1-3-7-10)15-14(19-16)11-8-4-5-9-12(11)20-15/h1-2,4-6,8-9H,3,7H2. The Morgan fingerprint density at radius 1 is 1.15 bits per heavy atom. The van der Waals surface area contributed by atoms with Gasteiger partial charge in [0, 0.05) is 10.1 Å². The number of benzene rings is 1. The summed E-state index contributed by atoms with van der Waals surface area (Å²) in [6.07, 6.45) is 8.46. The van der Waals surface area contributed by atoms with Crippen LogP contribution in [0.2, 0.25) is 5.28 Å². The van der Waals surface area contributed by atoms with E-state index in [1.165, 1.54) is 10.3 Å². The Hall–Kier alpha value is -1.71. The van der Waals surface area contributed by atoms with Gasteiger partial charge in [-0.05, 0) is 36.1 Å². The van der Waals surface area contributed by atoms with Crippen molar-refractivity contribution < 1.29 is 0 Å².